The van der Waals surface area contributed by atoms with Gasteiger partial charge in [-0.15, -0.1) is 0 Å². The van der Waals surface area contributed by atoms with Crippen molar-refractivity contribution in [3.63, 3.8) is 0 Å². The Bertz CT molecular complexity index is 585. The number of hydrogen-bond donors (Lipinski definition) is 1. The third kappa shape index (κ3) is 1.68. The highest BCUT2D eigenvalue weighted by Crippen LogP contribution is 2.51. The molecule has 0 unspecified atom stereocenters. The smallest absolute Gasteiger partial charge is 0.356 e. The van der Waals surface area contributed by atoms with Crippen LogP contribution in [0.15, 0.2) is 30.6 Å². The van der Waals surface area contributed by atoms with Gasteiger partial charge in [0.25, 0.3) is 0 Å². The maximum absolute atomic E-state index is 12.9. The molecule has 3 nitrogen and oxygen atoms in total. The van der Waals surface area contributed by atoms with Gasteiger partial charge in [0, 0.05) is 5.39 Å². The molecule has 0 bridgehead atoms. The molecule has 1 aromatic carbocycles. The molecule has 18 heavy (non-hydrogen) atoms. The van der Waals surface area contributed by atoms with Crippen LogP contribution in [0.5, 0.6) is 0 Å². The molecule has 94 valence electrons. The Labute approximate surface area is 101 Å². The Morgan fingerprint density at radius 2 is 1.83 bits per heavy atom. The van der Waals surface area contributed by atoms with Crippen LogP contribution in [0.1, 0.15) is 12.8 Å². The van der Waals surface area contributed by atoms with E-state index in [9.17, 15) is 13.2 Å². The predicted molar refractivity (Wildman–Crippen MR) is 61.2 cm³/mol. The molecule has 1 heterocycles. The number of rotatable bonds is 2. The van der Waals surface area contributed by atoms with Gasteiger partial charge in [0.2, 0.25) is 0 Å². The monoisotopic (exact) mass is 253 g/mol. The molecule has 0 saturated heterocycles. The van der Waals surface area contributed by atoms with E-state index < -0.39 is 11.7 Å². The van der Waals surface area contributed by atoms with Gasteiger partial charge in [-0.3, -0.25) is 0 Å². The van der Waals surface area contributed by atoms with Gasteiger partial charge in [0.15, 0.2) is 0 Å². The van der Waals surface area contributed by atoms with Crippen molar-refractivity contribution in [3.05, 3.63) is 30.6 Å². The van der Waals surface area contributed by atoms with E-state index in [-0.39, 0.29) is 18.7 Å². The summed E-state index contributed by atoms with van der Waals surface area (Å²) in [4.78, 5) is 7.95. The topological polar surface area (TPSA) is 37.8 Å². The first-order valence-electron chi connectivity index (χ1n) is 5.57. The Balaban J connectivity index is 2.01. The molecule has 0 radical (unpaired) electrons. The van der Waals surface area contributed by atoms with E-state index in [4.69, 9.17) is 0 Å². The van der Waals surface area contributed by atoms with E-state index in [0.717, 1.165) is 0 Å². The summed E-state index contributed by atoms with van der Waals surface area (Å²) in [6.07, 6.45) is -2.79. The molecule has 3 rings (SSSR count). The first kappa shape index (κ1) is 11.3. The van der Waals surface area contributed by atoms with Gasteiger partial charge in [-0.25, -0.2) is 9.97 Å². The maximum Gasteiger partial charge on any atom is 0.411 e. The third-order valence-corrected chi connectivity index (χ3v) is 3.19. The van der Waals surface area contributed by atoms with Crippen molar-refractivity contribution in [2.24, 2.45) is 0 Å². The molecule has 1 aliphatic rings. The van der Waals surface area contributed by atoms with Crippen molar-refractivity contribution in [1.29, 1.82) is 0 Å². The van der Waals surface area contributed by atoms with E-state index >= 15 is 0 Å². The van der Waals surface area contributed by atoms with Crippen LogP contribution < -0.4 is 5.32 Å². The molecule has 1 aromatic heterocycles. The minimum absolute atomic E-state index is 0.0921. The lowest BCUT2D eigenvalue weighted by Gasteiger charge is -2.21. The number of fused-ring (bicyclic) bond motifs is 1. The van der Waals surface area contributed by atoms with Crippen molar-refractivity contribution < 1.29 is 13.2 Å². The number of halogens is 3. The summed E-state index contributed by atoms with van der Waals surface area (Å²) in [5.41, 5.74) is -1.17. The number of nitrogens with one attached hydrogen (secondary N) is 1. The van der Waals surface area contributed by atoms with Crippen molar-refractivity contribution in [2.75, 3.05) is 5.32 Å². The lowest BCUT2D eigenvalue weighted by molar-refractivity contribution is -0.151. The zero-order valence-corrected chi connectivity index (χ0v) is 9.33. The summed E-state index contributed by atoms with van der Waals surface area (Å²) in [6.45, 7) is 0. The molecule has 2 aromatic rings. The summed E-state index contributed by atoms with van der Waals surface area (Å²) < 4.78 is 38.6. The number of nitrogens with zero attached hydrogens (tertiary/aromatic N) is 2. The summed E-state index contributed by atoms with van der Waals surface area (Å²) in [7, 11) is 0. The SMILES string of the molecule is FC(F)(F)C1(Nc2ncnc3ccccc23)CC1. The van der Waals surface area contributed by atoms with Crippen molar-refractivity contribution in [2.45, 2.75) is 24.6 Å². The number of alkyl halides is 3. The molecule has 6 heteroatoms. The fourth-order valence-electron chi connectivity index (χ4n) is 1.94. The van der Waals surface area contributed by atoms with Crippen molar-refractivity contribution in [1.82, 2.24) is 9.97 Å². The first-order valence-corrected chi connectivity index (χ1v) is 5.57. The van der Waals surface area contributed by atoms with E-state index in [0.29, 0.717) is 10.9 Å². The largest absolute Gasteiger partial charge is 0.411 e. The van der Waals surface area contributed by atoms with Crippen LogP contribution in [0.4, 0.5) is 19.0 Å². The van der Waals surface area contributed by atoms with Crippen LogP contribution >= 0.6 is 0 Å². The summed E-state index contributed by atoms with van der Waals surface area (Å²) in [6, 6.07) is 7.00. The number of benzene rings is 1. The van der Waals surface area contributed by atoms with Crippen LogP contribution in [0.25, 0.3) is 10.9 Å². The van der Waals surface area contributed by atoms with Crippen LogP contribution in [0.2, 0.25) is 0 Å². The second kappa shape index (κ2) is 3.57. The first-order chi connectivity index (χ1) is 8.52. The molecule has 0 aliphatic heterocycles. The van der Waals surface area contributed by atoms with E-state index in [1.165, 1.54) is 6.33 Å². The zero-order chi connectivity index (χ0) is 12.8. The van der Waals surface area contributed by atoms with Gasteiger partial charge in [-0.1, -0.05) is 12.1 Å². The third-order valence-electron chi connectivity index (χ3n) is 3.19. The van der Waals surface area contributed by atoms with Gasteiger partial charge in [0.1, 0.15) is 17.7 Å². The average Bonchev–Trinajstić information content (AvgIpc) is 3.10. The van der Waals surface area contributed by atoms with Gasteiger partial charge >= 0.3 is 6.18 Å². The van der Waals surface area contributed by atoms with Gasteiger partial charge in [0.05, 0.1) is 5.52 Å². The van der Waals surface area contributed by atoms with Crippen LogP contribution in [-0.2, 0) is 0 Å². The van der Waals surface area contributed by atoms with Crippen molar-refractivity contribution in [3.8, 4) is 0 Å². The number of aromatic nitrogens is 2. The Hall–Kier alpha value is -1.85. The van der Waals surface area contributed by atoms with Crippen LogP contribution in [-0.4, -0.2) is 21.7 Å². The minimum Gasteiger partial charge on any atom is -0.356 e. The number of para-hydroxylation sites is 1. The second-order valence-corrected chi connectivity index (χ2v) is 4.44. The molecule has 1 aliphatic carbocycles. The van der Waals surface area contributed by atoms with E-state index in [2.05, 4.69) is 15.3 Å². The minimum atomic E-state index is -4.25. The lowest BCUT2D eigenvalue weighted by atomic mass is 10.2. The van der Waals surface area contributed by atoms with Gasteiger partial charge in [-0.2, -0.15) is 13.2 Å². The highest BCUT2D eigenvalue weighted by Gasteiger charge is 2.63. The predicted octanol–water partition coefficient (Wildman–Crippen LogP) is 3.14. The van der Waals surface area contributed by atoms with Crippen LogP contribution in [0, 0.1) is 0 Å². The van der Waals surface area contributed by atoms with Crippen molar-refractivity contribution >= 4 is 16.7 Å². The quantitative estimate of drug-likeness (QED) is 0.893. The number of anilines is 1. The highest BCUT2D eigenvalue weighted by atomic mass is 19.4. The van der Waals surface area contributed by atoms with Gasteiger partial charge < -0.3 is 5.32 Å². The van der Waals surface area contributed by atoms with Gasteiger partial charge in [-0.05, 0) is 25.0 Å². The molecule has 0 atom stereocenters. The maximum atomic E-state index is 12.9. The zero-order valence-electron chi connectivity index (χ0n) is 9.33. The van der Waals surface area contributed by atoms with Crippen LogP contribution in [0.3, 0.4) is 0 Å². The summed E-state index contributed by atoms with van der Waals surface area (Å²) in [5, 5.41) is 3.14. The second-order valence-electron chi connectivity index (χ2n) is 4.44. The summed E-state index contributed by atoms with van der Waals surface area (Å²) >= 11 is 0. The standard InChI is InChI=1S/C12H10F3N3/c13-12(14,15)11(5-6-11)18-10-8-3-1-2-4-9(8)16-7-17-10/h1-4,7H,5-6H2,(H,16,17,18). The molecule has 0 amide bonds. The average molecular weight is 253 g/mol. The Morgan fingerprint density at radius 1 is 1.11 bits per heavy atom. The number of hydrogen-bond acceptors (Lipinski definition) is 3. The highest BCUT2D eigenvalue weighted by molar-refractivity contribution is 5.89. The molecule has 1 fully saturated rings. The van der Waals surface area contributed by atoms with E-state index in [1.54, 1.807) is 24.3 Å². The molecule has 1 saturated carbocycles. The fraction of sp³-hybridized carbons (Fsp3) is 0.333. The Kier molecular flexibility index (Phi) is 2.23. The van der Waals surface area contributed by atoms with E-state index in [1.807, 2.05) is 0 Å². The Morgan fingerprint density at radius 3 is 2.50 bits per heavy atom. The fourth-order valence-corrected chi connectivity index (χ4v) is 1.94. The molecular weight excluding hydrogens is 243 g/mol. The molecule has 1 N–H and O–H groups in total. The normalized spacial score (nSPS) is 17.7. The lowest BCUT2D eigenvalue weighted by Crippen LogP contribution is -2.39. The summed E-state index contributed by atoms with van der Waals surface area (Å²) in [5.74, 6) is 0.246. The molecular formula is C12H10F3N3. The molecule has 0 spiro atoms.